The molecule has 1 aromatic heterocycles. The summed E-state index contributed by atoms with van der Waals surface area (Å²) < 4.78 is 5.26. The average Bonchev–Trinajstić information content (AvgIpc) is 2.37. The molecular weight excluding hydrogens is 218 g/mol. The Morgan fingerprint density at radius 2 is 2.29 bits per heavy atom. The smallest absolute Gasteiger partial charge is 0.191 e. The standard InChI is InChI=1S/C11H17N5O/c1-9-13-3-2-10(15-9)8-14-11(12)16-4-6-17-7-5-16/h2-3H,4-8H2,1H3,(H2,12,14). The number of nitrogens with zero attached hydrogens (tertiary/aromatic N) is 4. The van der Waals surface area contributed by atoms with Gasteiger partial charge in [0.1, 0.15) is 5.82 Å². The first-order valence-electron chi connectivity index (χ1n) is 5.67. The van der Waals surface area contributed by atoms with E-state index < -0.39 is 0 Å². The van der Waals surface area contributed by atoms with Gasteiger partial charge in [0.2, 0.25) is 0 Å². The first-order valence-corrected chi connectivity index (χ1v) is 5.67. The Morgan fingerprint density at radius 1 is 1.53 bits per heavy atom. The van der Waals surface area contributed by atoms with Crippen LogP contribution in [0.1, 0.15) is 11.5 Å². The van der Waals surface area contributed by atoms with Crippen molar-refractivity contribution in [2.75, 3.05) is 26.3 Å². The van der Waals surface area contributed by atoms with E-state index in [2.05, 4.69) is 15.0 Å². The van der Waals surface area contributed by atoms with E-state index in [1.807, 2.05) is 17.9 Å². The van der Waals surface area contributed by atoms with Crippen molar-refractivity contribution in [2.24, 2.45) is 10.7 Å². The van der Waals surface area contributed by atoms with Crippen LogP contribution >= 0.6 is 0 Å². The van der Waals surface area contributed by atoms with Gasteiger partial charge in [0.05, 0.1) is 25.5 Å². The van der Waals surface area contributed by atoms with Crippen LogP contribution in [0.15, 0.2) is 17.3 Å². The lowest BCUT2D eigenvalue weighted by atomic mass is 10.4. The van der Waals surface area contributed by atoms with Crippen LogP contribution in [0.3, 0.4) is 0 Å². The highest BCUT2D eigenvalue weighted by molar-refractivity contribution is 5.78. The molecular formula is C11H17N5O. The highest BCUT2D eigenvalue weighted by Gasteiger charge is 2.11. The molecule has 92 valence electrons. The van der Waals surface area contributed by atoms with Gasteiger partial charge in [-0.15, -0.1) is 0 Å². The fourth-order valence-electron chi connectivity index (χ4n) is 1.65. The second kappa shape index (κ2) is 5.58. The Hall–Kier alpha value is -1.69. The third-order valence-corrected chi connectivity index (χ3v) is 2.57. The molecule has 0 spiro atoms. The zero-order valence-electron chi connectivity index (χ0n) is 9.96. The van der Waals surface area contributed by atoms with Gasteiger partial charge in [-0.2, -0.15) is 0 Å². The lowest BCUT2D eigenvalue weighted by molar-refractivity contribution is 0.0674. The second-order valence-corrected chi connectivity index (χ2v) is 3.87. The summed E-state index contributed by atoms with van der Waals surface area (Å²) in [6, 6.07) is 1.85. The molecule has 0 aliphatic carbocycles. The van der Waals surface area contributed by atoms with Crippen molar-refractivity contribution in [1.82, 2.24) is 14.9 Å². The maximum absolute atomic E-state index is 5.91. The van der Waals surface area contributed by atoms with E-state index in [0.29, 0.717) is 25.7 Å². The highest BCUT2D eigenvalue weighted by atomic mass is 16.5. The van der Waals surface area contributed by atoms with Crippen molar-refractivity contribution in [2.45, 2.75) is 13.5 Å². The number of rotatable bonds is 2. The monoisotopic (exact) mass is 235 g/mol. The normalized spacial score (nSPS) is 17.2. The number of hydrogen-bond donors (Lipinski definition) is 1. The molecule has 1 aliphatic heterocycles. The predicted octanol–water partition coefficient (Wildman–Crippen LogP) is -0.0681. The van der Waals surface area contributed by atoms with Crippen molar-refractivity contribution in [3.8, 4) is 0 Å². The minimum absolute atomic E-state index is 0.493. The van der Waals surface area contributed by atoms with E-state index in [1.165, 1.54) is 0 Å². The molecule has 0 saturated carbocycles. The Balaban J connectivity index is 1.95. The molecule has 0 radical (unpaired) electrons. The van der Waals surface area contributed by atoms with Gasteiger partial charge in [0, 0.05) is 19.3 Å². The van der Waals surface area contributed by atoms with Gasteiger partial charge in [-0.05, 0) is 13.0 Å². The number of guanidine groups is 1. The lowest BCUT2D eigenvalue weighted by Crippen LogP contribution is -2.44. The second-order valence-electron chi connectivity index (χ2n) is 3.87. The summed E-state index contributed by atoms with van der Waals surface area (Å²) in [4.78, 5) is 14.7. The summed E-state index contributed by atoms with van der Waals surface area (Å²) >= 11 is 0. The molecule has 0 unspecified atom stereocenters. The molecule has 0 bridgehead atoms. The topological polar surface area (TPSA) is 76.6 Å². The fourth-order valence-corrected chi connectivity index (χ4v) is 1.65. The van der Waals surface area contributed by atoms with E-state index in [4.69, 9.17) is 10.5 Å². The number of ether oxygens (including phenoxy) is 1. The van der Waals surface area contributed by atoms with Crippen LogP contribution in [0.2, 0.25) is 0 Å². The third kappa shape index (κ3) is 3.39. The van der Waals surface area contributed by atoms with E-state index in [-0.39, 0.29) is 0 Å². The summed E-state index contributed by atoms with van der Waals surface area (Å²) in [5.74, 6) is 1.31. The molecule has 6 nitrogen and oxygen atoms in total. The van der Waals surface area contributed by atoms with Crippen LogP contribution in [0.4, 0.5) is 0 Å². The fraction of sp³-hybridized carbons (Fsp3) is 0.545. The molecule has 0 amide bonds. The summed E-state index contributed by atoms with van der Waals surface area (Å²) in [7, 11) is 0. The lowest BCUT2D eigenvalue weighted by Gasteiger charge is -2.27. The van der Waals surface area contributed by atoms with E-state index in [9.17, 15) is 0 Å². The van der Waals surface area contributed by atoms with Crippen molar-refractivity contribution in [3.05, 3.63) is 23.8 Å². The van der Waals surface area contributed by atoms with E-state index in [1.54, 1.807) is 6.20 Å². The first-order chi connectivity index (χ1) is 8.25. The van der Waals surface area contributed by atoms with E-state index >= 15 is 0 Å². The number of nitrogens with two attached hydrogens (primary N) is 1. The van der Waals surface area contributed by atoms with Crippen molar-refractivity contribution in [1.29, 1.82) is 0 Å². The molecule has 2 rings (SSSR count). The van der Waals surface area contributed by atoms with Crippen molar-refractivity contribution < 1.29 is 4.74 Å². The van der Waals surface area contributed by atoms with Crippen LogP contribution in [0.5, 0.6) is 0 Å². The highest BCUT2D eigenvalue weighted by Crippen LogP contribution is 2.00. The summed E-state index contributed by atoms with van der Waals surface area (Å²) in [5.41, 5.74) is 6.79. The number of hydrogen-bond acceptors (Lipinski definition) is 4. The van der Waals surface area contributed by atoms with E-state index in [0.717, 1.165) is 24.6 Å². The number of aliphatic imine (C=N–C) groups is 1. The Labute approximate surface area is 101 Å². The van der Waals surface area contributed by atoms with Gasteiger partial charge in [0.25, 0.3) is 0 Å². The summed E-state index contributed by atoms with van der Waals surface area (Å²) in [6.07, 6.45) is 1.73. The van der Waals surface area contributed by atoms with Gasteiger partial charge >= 0.3 is 0 Å². The summed E-state index contributed by atoms with van der Waals surface area (Å²) in [6.45, 7) is 5.38. The molecule has 1 aliphatic rings. The van der Waals surface area contributed by atoms with Gasteiger partial charge < -0.3 is 15.4 Å². The van der Waals surface area contributed by atoms with Crippen LogP contribution in [0.25, 0.3) is 0 Å². The predicted molar refractivity (Wildman–Crippen MR) is 64.5 cm³/mol. The largest absolute Gasteiger partial charge is 0.378 e. The number of aryl methyl sites for hydroxylation is 1. The Kier molecular flexibility index (Phi) is 3.87. The quantitative estimate of drug-likeness (QED) is 0.573. The van der Waals surface area contributed by atoms with Crippen molar-refractivity contribution in [3.63, 3.8) is 0 Å². The maximum Gasteiger partial charge on any atom is 0.191 e. The molecule has 2 N–H and O–H groups in total. The SMILES string of the molecule is Cc1nccc(CN=C(N)N2CCOCC2)n1. The minimum atomic E-state index is 0.493. The van der Waals surface area contributed by atoms with Crippen LogP contribution in [0, 0.1) is 6.92 Å². The van der Waals surface area contributed by atoms with Gasteiger partial charge in [-0.25, -0.2) is 15.0 Å². The Morgan fingerprint density at radius 3 is 3.00 bits per heavy atom. The van der Waals surface area contributed by atoms with Crippen LogP contribution in [-0.4, -0.2) is 47.1 Å². The summed E-state index contributed by atoms with van der Waals surface area (Å²) in [5, 5.41) is 0. The molecule has 1 saturated heterocycles. The molecule has 0 atom stereocenters. The zero-order valence-corrected chi connectivity index (χ0v) is 9.96. The van der Waals surface area contributed by atoms with Gasteiger partial charge in [0.15, 0.2) is 5.96 Å². The molecule has 17 heavy (non-hydrogen) atoms. The zero-order chi connectivity index (χ0) is 12.1. The number of aromatic nitrogens is 2. The maximum atomic E-state index is 5.91. The number of morpholine rings is 1. The molecule has 1 fully saturated rings. The molecule has 0 aromatic carbocycles. The third-order valence-electron chi connectivity index (χ3n) is 2.57. The average molecular weight is 235 g/mol. The molecule has 2 heterocycles. The molecule has 1 aromatic rings. The van der Waals surface area contributed by atoms with Crippen molar-refractivity contribution >= 4 is 5.96 Å². The van der Waals surface area contributed by atoms with Crippen LogP contribution < -0.4 is 5.73 Å². The van der Waals surface area contributed by atoms with Gasteiger partial charge in [-0.1, -0.05) is 0 Å². The van der Waals surface area contributed by atoms with Gasteiger partial charge in [-0.3, -0.25) is 0 Å². The Bertz CT molecular complexity index is 401. The molecule has 6 heteroatoms. The minimum Gasteiger partial charge on any atom is -0.378 e. The first kappa shape index (κ1) is 11.8. The van der Waals surface area contributed by atoms with Crippen LogP contribution in [-0.2, 0) is 11.3 Å².